The molecule has 0 aliphatic rings. The Morgan fingerprint density at radius 1 is 1.21 bits per heavy atom. The van der Waals surface area contributed by atoms with E-state index in [1.54, 1.807) is 28.8 Å². The molecule has 148 valence electrons. The van der Waals surface area contributed by atoms with Crippen molar-refractivity contribution in [3.05, 3.63) is 68.7 Å². The Hall–Kier alpha value is -3.46. The van der Waals surface area contributed by atoms with E-state index in [0.717, 1.165) is 16.0 Å². The van der Waals surface area contributed by atoms with Crippen molar-refractivity contribution in [3.8, 4) is 10.6 Å². The van der Waals surface area contributed by atoms with Crippen molar-refractivity contribution in [2.24, 2.45) is 0 Å². The lowest BCUT2D eigenvalue weighted by atomic mass is 10.2. The molecule has 3 heterocycles. The summed E-state index contributed by atoms with van der Waals surface area (Å²) in [7, 11) is 0. The molecule has 1 N–H and O–H groups in total. The second kappa shape index (κ2) is 7.88. The molecule has 1 aromatic carbocycles. The molecule has 29 heavy (non-hydrogen) atoms. The second-order valence-electron chi connectivity index (χ2n) is 6.44. The quantitative estimate of drug-likeness (QED) is 0.527. The van der Waals surface area contributed by atoms with Crippen LogP contribution < -0.4 is 16.6 Å². The molecule has 4 aromatic rings. The zero-order valence-electron chi connectivity index (χ0n) is 15.6. The first-order chi connectivity index (χ1) is 14.0. The monoisotopic (exact) mass is 410 g/mol. The van der Waals surface area contributed by atoms with Gasteiger partial charge in [-0.1, -0.05) is 13.0 Å². The number of hydrogen-bond donors (Lipinski definition) is 1. The average molecular weight is 410 g/mol. The maximum Gasteiger partial charge on any atom is 0.419 e. The maximum atomic E-state index is 12.4. The van der Waals surface area contributed by atoms with E-state index >= 15 is 0 Å². The van der Waals surface area contributed by atoms with Crippen LogP contribution >= 0.6 is 11.3 Å². The van der Waals surface area contributed by atoms with Gasteiger partial charge in [0.2, 0.25) is 5.91 Å². The first-order valence-electron chi connectivity index (χ1n) is 9.10. The van der Waals surface area contributed by atoms with Crippen LogP contribution in [0.3, 0.4) is 0 Å². The molecule has 0 saturated heterocycles. The Morgan fingerprint density at radius 3 is 2.83 bits per heavy atom. The molecule has 0 fully saturated rings. The highest BCUT2D eigenvalue weighted by atomic mass is 32.1. The zero-order valence-corrected chi connectivity index (χ0v) is 16.4. The lowest BCUT2D eigenvalue weighted by Crippen LogP contribution is -2.29. The Morgan fingerprint density at radius 2 is 2.07 bits per heavy atom. The van der Waals surface area contributed by atoms with Crippen molar-refractivity contribution >= 4 is 34.0 Å². The number of aryl methyl sites for hydroxylation is 1. The van der Waals surface area contributed by atoms with E-state index in [1.165, 1.54) is 17.4 Å². The van der Waals surface area contributed by atoms with Gasteiger partial charge in [-0.2, -0.15) is 5.10 Å². The molecule has 4 rings (SSSR count). The first-order valence-corrected chi connectivity index (χ1v) is 9.98. The summed E-state index contributed by atoms with van der Waals surface area (Å²) in [5.74, 6) is -0.830. The molecule has 0 atom stereocenters. The number of rotatable bonds is 6. The van der Waals surface area contributed by atoms with E-state index in [1.807, 2.05) is 24.4 Å². The smallest absolute Gasteiger partial charge is 0.408 e. The van der Waals surface area contributed by atoms with Crippen molar-refractivity contribution in [1.82, 2.24) is 14.3 Å². The van der Waals surface area contributed by atoms with Crippen molar-refractivity contribution in [2.75, 3.05) is 5.32 Å². The number of oxazole rings is 1. The number of carbonyl (C=O) groups excluding carboxylic acids is 1. The molecule has 0 unspecified atom stereocenters. The van der Waals surface area contributed by atoms with Gasteiger partial charge in [0.05, 0.1) is 10.4 Å². The minimum absolute atomic E-state index is 0.225. The van der Waals surface area contributed by atoms with E-state index in [-0.39, 0.29) is 12.1 Å². The van der Waals surface area contributed by atoms with Crippen LogP contribution in [0.25, 0.3) is 21.7 Å². The maximum absolute atomic E-state index is 12.4. The van der Waals surface area contributed by atoms with Gasteiger partial charge in [0.15, 0.2) is 5.58 Å². The fourth-order valence-electron chi connectivity index (χ4n) is 3.03. The largest absolute Gasteiger partial charge is 0.419 e. The highest BCUT2D eigenvalue weighted by Crippen LogP contribution is 2.21. The van der Waals surface area contributed by atoms with Gasteiger partial charge in [-0.3, -0.25) is 14.2 Å². The molecule has 1 amide bonds. The summed E-state index contributed by atoms with van der Waals surface area (Å²) < 4.78 is 7.94. The van der Waals surface area contributed by atoms with E-state index < -0.39 is 11.7 Å². The Balaban J connectivity index is 1.54. The van der Waals surface area contributed by atoms with Crippen LogP contribution in [0.2, 0.25) is 0 Å². The van der Waals surface area contributed by atoms with E-state index in [9.17, 15) is 14.4 Å². The molecule has 0 bridgehead atoms. The van der Waals surface area contributed by atoms with Crippen molar-refractivity contribution in [3.63, 3.8) is 0 Å². The number of benzene rings is 1. The number of aromatic nitrogens is 3. The third-order valence-corrected chi connectivity index (χ3v) is 5.23. The summed E-state index contributed by atoms with van der Waals surface area (Å²) in [5, 5.41) is 8.91. The number of nitrogens with one attached hydrogen (secondary N) is 1. The van der Waals surface area contributed by atoms with Crippen LogP contribution in [0.15, 0.2) is 61.9 Å². The molecule has 3 aromatic heterocycles. The lowest BCUT2D eigenvalue weighted by Gasteiger charge is -2.08. The van der Waals surface area contributed by atoms with Crippen LogP contribution in [0, 0.1) is 0 Å². The fraction of sp³-hybridized carbons (Fsp3) is 0.200. The first kappa shape index (κ1) is 18.9. The van der Waals surface area contributed by atoms with Crippen LogP contribution in [-0.4, -0.2) is 20.3 Å². The molecular weight excluding hydrogens is 392 g/mol. The van der Waals surface area contributed by atoms with Gasteiger partial charge in [0.1, 0.15) is 12.2 Å². The summed E-state index contributed by atoms with van der Waals surface area (Å²) in [6.45, 7) is 2.31. The minimum atomic E-state index is -0.425. The van der Waals surface area contributed by atoms with Gasteiger partial charge < -0.3 is 9.73 Å². The van der Waals surface area contributed by atoms with Crippen LogP contribution in [0.1, 0.15) is 13.3 Å². The molecule has 0 radical (unpaired) electrons. The number of anilines is 1. The highest BCUT2D eigenvalue weighted by Gasteiger charge is 2.12. The van der Waals surface area contributed by atoms with E-state index in [0.29, 0.717) is 29.0 Å². The molecule has 0 aliphatic heterocycles. The highest BCUT2D eigenvalue weighted by molar-refractivity contribution is 7.13. The number of carbonyl (C=O) groups is 1. The molecule has 0 saturated carbocycles. The van der Waals surface area contributed by atoms with Gasteiger partial charge in [0, 0.05) is 24.4 Å². The van der Waals surface area contributed by atoms with E-state index in [2.05, 4.69) is 10.4 Å². The summed E-state index contributed by atoms with van der Waals surface area (Å²) in [6.07, 6.45) is 0.805. The number of fused-ring (bicyclic) bond motifs is 1. The second-order valence-corrected chi connectivity index (χ2v) is 7.39. The molecule has 0 aliphatic carbocycles. The topological polar surface area (TPSA) is 99.1 Å². The molecule has 0 spiro atoms. The fourth-order valence-corrected chi connectivity index (χ4v) is 3.72. The number of amides is 1. The predicted molar refractivity (Wildman–Crippen MR) is 111 cm³/mol. The third kappa shape index (κ3) is 3.90. The summed E-state index contributed by atoms with van der Waals surface area (Å²) in [4.78, 5) is 37.4. The zero-order chi connectivity index (χ0) is 20.4. The minimum Gasteiger partial charge on any atom is -0.408 e. The molecular formula is C20H18N4O4S. The van der Waals surface area contributed by atoms with Crippen molar-refractivity contribution in [1.29, 1.82) is 0 Å². The summed E-state index contributed by atoms with van der Waals surface area (Å²) >= 11 is 1.50. The van der Waals surface area contributed by atoms with Gasteiger partial charge in [-0.15, -0.1) is 11.3 Å². The summed E-state index contributed by atoms with van der Waals surface area (Å²) in [6, 6.07) is 11.8. The Kier molecular flexibility index (Phi) is 5.13. The normalized spacial score (nSPS) is 11.1. The SMILES string of the molecule is CCCn1c(=O)oc2cc(NC(=O)Cn3nc(-c4cccs4)ccc3=O)ccc21. The lowest BCUT2D eigenvalue weighted by molar-refractivity contribution is -0.117. The Labute approximate surface area is 169 Å². The van der Waals surface area contributed by atoms with Gasteiger partial charge in [0.25, 0.3) is 5.56 Å². The molecule has 9 heteroatoms. The standard InChI is InChI=1S/C20H18N4O4S/c1-2-9-23-15-7-5-13(11-16(15)28-20(23)27)21-18(25)12-24-19(26)8-6-14(22-24)17-4-3-10-29-17/h3-8,10-11H,2,9,12H2,1H3,(H,21,25). The van der Waals surface area contributed by atoms with Crippen molar-refractivity contribution in [2.45, 2.75) is 26.4 Å². The van der Waals surface area contributed by atoms with Crippen LogP contribution in [-0.2, 0) is 17.9 Å². The molecule has 8 nitrogen and oxygen atoms in total. The predicted octanol–water partition coefficient (Wildman–Crippen LogP) is 2.93. The number of hydrogen-bond acceptors (Lipinski definition) is 6. The Bertz CT molecular complexity index is 1280. The van der Waals surface area contributed by atoms with Gasteiger partial charge in [-0.05, 0) is 36.1 Å². The number of nitrogens with zero attached hydrogens (tertiary/aromatic N) is 3. The van der Waals surface area contributed by atoms with E-state index in [4.69, 9.17) is 4.42 Å². The number of thiophene rings is 1. The summed E-state index contributed by atoms with van der Waals surface area (Å²) in [5.41, 5.74) is 1.82. The third-order valence-electron chi connectivity index (χ3n) is 4.33. The van der Waals surface area contributed by atoms with Gasteiger partial charge >= 0.3 is 5.76 Å². The average Bonchev–Trinajstić information content (AvgIpc) is 3.32. The van der Waals surface area contributed by atoms with Crippen molar-refractivity contribution < 1.29 is 9.21 Å². The van der Waals surface area contributed by atoms with Crippen LogP contribution in [0.4, 0.5) is 5.69 Å². The van der Waals surface area contributed by atoms with Crippen LogP contribution in [0.5, 0.6) is 0 Å². The van der Waals surface area contributed by atoms with Gasteiger partial charge in [-0.25, -0.2) is 9.48 Å².